The fraction of sp³-hybridized carbons (Fsp3) is 0.200. The molecule has 134 valence electrons. The first-order chi connectivity index (χ1) is 12.2. The Hall–Kier alpha value is -3.20. The van der Waals surface area contributed by atoms with E-state index in [9.17, 15) is 18.4 Å². The SMILES string of the molecule is C#Cc1cc(C(=O)OC(C)C)cc(-c2ccc(CC(=O)O)c(F)c2)c1F. The molecule has 0 heterocycles. The number of rotatable bonds is 5. The number of carboxylic acid groups (broad SMARTS) is 1. The van der Waals surface area contributed by atoms with Crippen LogP contribution in [0.15, 0.2) is 30.3 Å². The number of hydrogen-bond donors (Lipinski definition) is 1. The summed E-state index contributed by atoms with van der Waals surface area (Å²) in [7, 11) is 0. The van der Waals surface area contributed by atoms with Crippen molar-refractivity contribution in [2.75, 3.05) is 0 Å². The van der Waals surface area contributed by atoms with Crippen molar-refractivity contribution in [3.8, 4) is 23.5 Å². The number of terminal acetylenes is 1. The predicted octanol–water partition coefficient (Wildman–Crippen LogP) is 3.81. The highest BCUT2D eigenvalue weighted by Gasteiger charge is 2.18. The lowest BCUT2D eigenvalue weighted by Crippen LogP contribution is -2.12. The molecule has 0 aliphatic heterocycles. The van der Waals surface area contributed by atoms with E-state index in [1.54, 1.807) is 13.8 Å². The minimum absolute atomic E-state index is 0.0331. The van der Waals surface area contributed by atoms with Gasteiger partial charge in [-0.05, 0) is 43.2 Å². The maximum Gasteiger partial charge on any atom is 0.338 e. The van der Waals surface area contributed by atoms with Gasteiger partial charge in [0.15, 0.2) is 0 Å². The summed E-state index contributed by atoms with van der Waals surface area (Å²) in [6.45, 7) is 3.34. The normalized spacial score (nSPS) is 10.5. The summed E-state index contributed by atoms with van der Waals surface area (Å²) in [5, 5.41) is 8.76. The number of carbonyl (C=O) groups is 2. The zero-order chi connectivity index (χ0) is 19.4. The summed E-state index contributed by atoms with van der Waals surface area (Å²) in [5.41, 5.74) is -0.0951. The van der Waals surface area contributed by atoms with Crippen LogP contribution >= 0.6 is 0 Å². The zero-order valence-electron chi connectivity index (χ0n) is 14.2. The summed E-state index contributed by atoms with van der Waals surface area (Å²) >= 11 is 0. The summed E-state index contributed by atoms with van der Waals surface area (Å²) in [6, 6.07) is 6.06. The first kappa shape index (κ1) is 19.1. The van der Waals surface area contributed by atoms with E-state index in [2.05, 4.69) is 5.92 Å². The molecule has 0 aliphatic rings. The van der Waals surface area contributed by atoms with Gasteiger partial charge >= 0.3 is 11.9 Å². The van der Waals surface area contributed by atoms with Crippen molar-refractivity contribution in [3.05, 3.63) is 58.7 Å². The average Bonchev–Trinajstić information content (AvgIpc) is 2.56. The molecule has 0 saturated carbocycles. The number of aliphatic carboxylic acids is 1. The molecule has 1 N–H and O–H groups in total. The third-order valence-corrected chi connectivity index (χ3v) is 3.51. The number of carboxylic acids is 1. The van der Waals surface area contributed by atoms with E-state index in [0.29, 0.717) is 0 Å². The highest BCUT2D eigenvalue weighted by Crippen LogP contribution is 2.28. The van der Waals surface area contributed by atoms with Crippen LogP contribution < -0.4 is 0 Å². The highest BCUT2D eigenvalue weighted by molar-refractivity contribution is 5.92. The van der Waals surface area contributed by atoms with Gasteiger partial charge in [-0.1, -0.05) is 18.1 Å². The molecule has 6 heteroatoms. The van der Waals surface area contributed by atoms with Gasteiger partial charge in [0, 0.05) is 5.56 Å². The van der Waals surface area contributed by atoms with E-state index in [1.807, 2.05) is 0 Å². The standard InChI is InChI=1S/C20H16F2O4/c1-4-12-7-15(20(25)26-11(2)3)8-16(19(12)22)13-5-6-14(10-18(23)24)17(21)9-13/h1,5-9,11H,10H2,2-3H3,(H,23,24). The van der Waals surface area contributed by atoms with Crippen LogP contribution in [0.1, 0.15) is 35.3 Å². The van der Waals surface area contributed by atoms with Crippen molar-refractivity contribution in [1.82, 2.24) is 0 Å². The van der Waals surface area contributed by atoms with Crippen molar-refractivity contribution >= 4 is 11.9 Å². The van der Waals surface area contributed by atoms with Crippen molar-refractivity contribution < 1.29 is 28.2 Å². The van der Waals surface area contributed by atoms with Gasteiger partial charge in [0.05, 0.1) is 23.7 Å². The van der Waals surface area contributed by atoms with Crippen LogP contribution in [-0.4, -0.2) is 23.1 Å². The summed E-state index contributed by atoms with van der Waals surface area (Å²) in [6.07, 6.45) is 4.42. The van der Waals surface area contributed by atoms with Gasteiger partial charge in [0.25, 0.3) is 0 Å². The summed E-state index contributed by atoms with van der Waals surface area (Å²) in [5.74, 6) is -1.28. The van der Waals surface area contributed by atoms with E-state index in [1.165, 1.54) is 24.3 Å². The van der Waals surface area contributed by atoms with Crippen LogP contribution in [0, 0.1) is 24.0 Å². The van der Waals surface area contributed by atoms with Crippen LogP contribution in [0.5, 0.6) is 0 Å². The lowest BCUT2D eigenvalue weighted by Gasteiger charge is -2.12. The monoisotopic (exact) mass is 358 g/mol. The fourth-order valence-corrected chi connectivity index (χ4v) is 2.36. The van der Waals surface area contributed by atoms with Crippen LogP contribution in [0.2, 0.25) is 0 Å². The second-order valence-corrected chi connectivity index (χ2v) is 5.86. The first-order valence-electron chi connectivity index (χ1n) is 7.74. The molecule has 0 atom stereocenters. The van der Waals surface area contributed by atoms with Gasteiger partial charge in [-0.3, -0.25) is 4.79 Å². The zero-order valence-corrected chi connectivity index (χ0v) is 14.2. The van der Waals surface area contributed by atoms with Gasteiger partial charge in [-0.2, -0.15) is 0 Å². The molecule has 0 spiro atoms. The Bertz CT molecular complexity index is 911. The number of carbonyl (C=O) groups excluding carboxylic acids is 1. The maximum atomic E-state index is 14.6. The second kappa shape index (κ2) is 7.79. The molecule has 2 aromatic rings. The van der Waals surface area contributed by atoms with Gasteiger partial charge in [-0.15, -0.1) is 6.42 Å². The van der Waals surface area contributed by atoms with Crippen LogP contribution in [0.3, 0.4) is 0 Å². The van der Waals surface area contributed by atoms with Crippen molar-refractivity contribution in [2.45, 2.75) is 26.4 Å². The van der Waals surface area contributed by atoms with E-state index in [-0.39, 0.29) is 33.9 Å². The third kappa shape index (κ3) is 4.25. The smallest absolute Gasteiger partial charge is 0.338 e. The predicted molar refractivity (Wildman–Crippen MR) is 91.6 cm³/mol. The second-order valence-electron chi connectivity index (χ2n) is 5.86. The van der Waals surface area contributed by atoms with Gasteiger partial charge < -0.3 is 9.84 Å². The molecular weight excluding hydrogens is 342 g/mol. The first-order valence-corrected chi connectivity index (χ1v) is 7.74. The molecule has 0 bridgehead atoms. The molecule has 0 saturated heterocycles. The molecule has 0 aliphatic carbocycles. The van der Waals surface area contributed by atoms with E-state index >= 15 is 0 Å². The molecular formula is C20H16F2O4. The van der Waals surface area contributed by atoms with Gasteiger partial charge in [0.2, 0.25) is 0 Å². The minimum atomic E-state index is -1.18. The number of hydrogen-bond acceptors (Lipinski definition) is 3. The Kier molecular flexibility index (Phi) is 5.73. The van der Waals surface area contributed by atoms with Crippen LogP contribution in [0.25, 0.3) is 11.1 Å². The number of esters is 1. The van der Waals surface area contributed by atoms with Crippen LogP contribution in [0.4, 0.5) is 8.78 Å². The molecule has 0 unspecified atom stereocenters. The number of benzene rings is 2. The minimum Gasteiger partial charge on any atom is -0.481 e. The Labute approximate surface area is 149 Å². The lowest BCUT2D eigenvalue weighted by molar-refractivity contribution is -0.136. The lowest BCUT2D eigenvalue weighted by atomic mass is 9.97. The molecule has 0 amide bonds. The van der Waals surface area contributed by atoms with Gasteiger partial charge in [0.1, 0.15) is 11.6 Å². The Morgan fingerprint density at radius 2 is 1.92 bits per heavy atom. The van der Waals surface area contributed by atoms with E-state index in [4.69, 9.17) is 16.3 Å². The molecule has 0 fully saturated rings. The molecule has 0 radical (unpaired) electrons. The average molecular weight is 358 g/mol. The van der Waals surface area contributed by atoms with Crippen molar-refractivity contribution in [1.29, 1.82) is 0 Å². The summed E-state index contributed by atoms with van der Waals surface area (Å²) < 4.78 is 33.8. The molecule has 2 rings (SSSR count). The van der Waals surface area contributed by atoms with Gasteiger partial charge in [-0.25, -0.2) is 13.6 Å². The highest BCUT2D eigenvalue weighted by atomic mass is 19.1. The molecule has 0 aromatic heterocycles. The Morgan fingerprint density at radius 1 is 1.23 bits per heavy atom. The molecule has 26 heavy (non-hydrogen) atoms. The quantitative estimate of drug-likeness (QED) is 0.652. The Morgan fingerprint density at radius 3 is 2.46 bits per heavy atom. The summed E-state index contributed by atoms with van der Waals surface area (Å²) in [4.78, 5) is 22.8. The number of halogens is 2. The van der Waals surface area contributed by atoms with E-state index in [0.717, 1.165) is 6.07 Å². The topological polar surface area (TPSA) is 63.6 Å². The number of ether oxygens (including phenoxy) is 1. The fourth-order valence-electron chi connectivity index (χ4n) is 2.36. The molecule has 2 aromatic carbocycles. The van der Waals surface area contributed by atoms with Crippen molar-refractivity contribution in [3.63, 3.8) is 0 Å². The largest absolute Gasteiger partial charge is 0.481 e. The van der Waals surface area contributed by atoms with Crippen molar-refractivity contribution in [2.24, 2.45) is 0 Å². The van der Waals surface area contributed by atoms with Crippen LogP contribution in [-0.2, 0) is 16.0 Å². The maximum absolute atomic E-state index is 14.6. The third-order valence-electron chi connectivity index (χ3n) is 3.51. The van der Waals surface area contributed by atoms with E-state index < -0.39 is 30.0 Å². The molecule has 4 nitrogen and oxygen atoms in total. The Balaban J connectivity index is 2.55.